The van der Waals surface area contributed by atoms with Crippen molar-refractivity contribution in [3.05, 3.63) is 35.5 Å². The van der Waals surface area contributed by atoms with Gasteiger partial charge in [0.15, 0.2) is 0 Å². The van der Waals surface area contributed by atoms with E-state index in [0.717, 1.165) is 19.3 Å². The van der Waals surface area contributed by atoms with Gasteiger partial charge in [-0.1, -0.05) is 64.5 Å². The number of fused-ring (bicyclic) bond motifs is 1. The van der Waals surface area contributed by atoms with Gasteiger partial charge in [-0.05, 0) is 118 Å². The quantitative estimate of drug-likeness (QED) is 0.347. The van der Waals surface area contributed by atoms with E-state index >= 15 is 0 Å². The number of allylic oxidation sites excluding steroid dienone is 4. The van der Waals surface area contributed by atoms with Gasteiger partial charge < -0.3 is 9.53 Å². The third kappa shape index (κ3) is 8.10. The molecule has 0 spiro atoms. The molecular formula is C33H58O2S. The van der Waals surface area contributed by atoms with Gasteiger partial charge in [-0.25, -0.2) is 10.0 Å². The molecule has 208 valence electrons. The maximum absolute atomic E-state index is 11.4. The number of rotatable bonds is 4. The molecule has 36 heavy (non-hydrogen) atoms. The highest BCUT2D eigenvalue weighted by Gasteiger charge is 2.50. The fourth-order valence-electron chi connectivity index (χ4n) is 6.22. The monoisotopic (exact) mass is 518 g/mol. The molecule has 3 saturated carbocycles. The first-order valence-electron chi connectivity index (χ1n) is 14.3. The molecule has 0 aromatic heterocycles. The number of hydrogen-bond donors (Lipinski definition) is 0. The second-order valence-electron chi connectivity index (χ2n) is 14.7. The Kier molecular flexibility index (Phi) is 10.4. The van der Waals surface area contributed by atoms with Gasteiger partial charge in [0.25, 0.3) is 0 Å². The van der Waals surface area contributed by atoms with E-state index in [1.165, 1.54) is 49.5 Å². The van der Waals surface area contributed by atoms with E-state index < -0.39 is 0 Å². The van der Waals surface area contributed by atoms with Crippen molar-refractivity contribution in [3.63, 3.8) is 0 Å². The number of carbonyl (C=O) groups excluding carboxylic acids is 1. The van der Waals surface area contributed by atoms with Crippen LogP contribution in [0.1, 0.15) is 107 Å². The van der Waals surface area contributed by atoms with Gasteiger partial charge in [0.2, 0.25) is 0 Å². The Balaban J connectivity index is 0.000000493. The van der Waals surface area contributed by atoms with Crippen molar-refractivity contribution in [1.82, 2.24) is 0 Å². The summed E-state index contributed by atoms with van der Waals surface area (Å²) in [6.45, 7) is 22.2. The lowest BCUT2D eigenvalue weighted by Gasteiger charge is -2.43. The molecule has 0 saturated heterocycles. The standard InChI is InChI=1S/C26H40O2.C7H18S/c1-18-9-12-22(28-25(3,4)5)16-21(18)11-10-20-8-7-15-26(6)23(19(2)17-27)13-14-24(20)26;1-7(2,3)8(4,5)6/h10-11,17,19,22-24H,1,7-9,12-16H2,2-6H3;1-6H3/b20-10+,21-11+;. The number of ether oxygens (including phenoxy) is 1. The van der Waals surface area contributed by atoms with E-state index in [1.807, 2.05) is 0 Å². The summed E-state index contributed by atoms with van der Waals surface area (Å²) in [5.74, 6) is 1.37. The molecule has 0 aromatic carbocycles. The number of aldehydes is 1. The molecule has 0 amide bonds. The Morgan fingerprint density at radius 3 is 2.17 bits per heavy atom. The first-order valence-corrected chi connectivity index (χ1v) is 17.1. The largest absolute Gasteiger partial charge is 0.372 e. The zero-order chi connectivity index (χ0) is 27.5. The molecule has 0 aromatic rings. The predicted molar refractivity (Wildman–Crippen MR) is 162 cm³/mol. The minimum Gasteiger partial charge on any atom is -0.372 e. The van der Waals surface area contributed by atoms with Crippen LogP contribution in [0.5, 0.6) is 0 Å². The lowest BCUT2D eigenvalue weighted by molar-refractivity contribution is -0.113. The van der Waals surface area contributed by atoms with Gasteiger partial charge in [0, 0.05) is 5.92 Å². The van der Waals surface area contributed by atoms with E-state index in [-0.39, 0.29) is 21.5 Å². The highest BCUT2D eigenvalue weighted by Crippen LogP contribution is 2.59. The van der Waals surface area contributed by atoms with Crippen molar-refractivity contribution in [1.29, 1.82) is 0 Å². The zero-order valence-corrected chi connectivity index (χ0v) is 26.4. The van der Waals surface area contributed by atoms with Crippen LogP contribution in [-0.4, -0.2) is 41.5 Å². The molecule has 3 fully saturated rings. The molecule has 0 radical (unpaired) electrons. The van der Waals surface area contributed by atoms with Crippen LogP contribution >= 0.6 is 10.0 Å². The predicted octanol–water partition coefficient (Wildman–Crippen LogP) is 9.29. The van der Waals surface area contributed by atoms with E-state index in [0.29, 0.717) is 28.1 Å². The van der Waals surface area contributed by atoms with Crippen molar-refractivity contribution in [3.8, 4) is 0 Å². The summed E-state index contributed by atoms with van der Waals surface area (Å²) in [5, 5.41) is 0. The summed E-state index contributed by atoms with van der Waals surface area (Å²) in [4.78, 5) is 11.4. The summed E-state index contributed by atoms with van der Waals surface area (Å²) in [6, 6.07) is 0. The average Bonchev–Trinajstić information content (AvgIpc) is 3.09. The third-order valence-electron chi connectivity index (χ3n) is 9.41. The fraction of sp³-hybridized carbons (Fsp3) is 0.788. The molecule has 2 nitrogen and oxygen atoms in total. The Bertz CT molecular complexity index is 817. The van der Waals surface area contributed by atoms with Crippen LogP contribution in [0.3, 0.4) is 0 Å². The van der Waals surface area contributed by atoms with Crippen LogP contribution in [0.4, 0.5) is 0 Å². The van der Waals surface area contributed by atoms with Crippen molar-refractivity contribution >= 4 is 16.3 Å². The third-order valence-corrected chi connectivity index (χ3v) is 13.1. The lowest BCUT2D eigenvalue weighted by Crippen LogP contribution is -2.36. The molecule has 0 heterocycles. The zero-order valence-electron chi connectivity index (χ0n) is 25.6. The fourth-order valence-corrected chi connectivity index (χ4v) is 6.22. The van der Waals surface area contributed by atoms with Gasteiger partial charge in [0.05, 0.1) is 11.7 Å². The summed E-state index contributed by atoms with van der Waals surface area (Å²) >= 11 is 0. The lowest BCUT2D eigenvalue weighted by atomic mass is 9.61. The summed E-state index contributed by atoms with van der Waals surface area (Å²) in [6.07, 6.45) is 22.6. The topological polar surface area (TPSA) is 26.3 Å². The number of hydrogen-bond acceptors (Lipinski definition) is 2. The molecule has 5 unspecified atom stereocenters. The molecule has 3 aliphatic carbocycles. The Morgan fingerprint density at radius 2 is 1.64 bits per heavy atom. The minimum atomic E-state index is -0.340. The van der Waals surface area contributed by atoms with E-state index in [4.69, 9.17) is 4.74 Å². The van der Waals surface area contributed by atoms with E-state index in [2.05, 4.69) is 92.9 Å². The Hall–Kier alpha value is -0.800. The van der Waals surface area contributed by atoms with Crippen LogP contribution in [0.2, 0.25) is 0 Å². The molecule has 0 N–H and O–H groups in total. The van der Waals surface area contributed by atoms with Gasteiger partial charge in [-0.2, -0.15) is 0 Å². The van der Waals surface area contributed by atoms with Crippen LogP contribution in [-0.2, 0) is 9.53 Å². The minimum absolute atomic E-state index is 0.0910. The molecule has 3 aliphatic rings. The van der Waals surface area contributed by atoms with E-state index in [1.54, 1.807) is 5.57 Å². The number of carbonyl (C=O) groups is 1. The van der Waals surface area contributed by atoms with Gasteiger partial charge >= 0.3 is 0 Å². The second kappa shape index (κ2) is 11.9. The maximum atomic E-state index is 11.4. The molecular weight excluding hydrogens is 460 g/mol. The first kappa shape index (κ1) is 31.4. The van der Waals surface area contributed by atoms with Gasteiger partial charge in [-0.15, -0.1) is 0 Å². The second-order valence-corrected chi connectivity index (χ2v) is 19.6. The average molecular weight is 519 g/mol. The summed E-state index contributed by atoms with van der Waals surface area (Å²) in [5.41, 5.74) is 4.46. The van der Waals surface area contributed by atoms with Crippen molar-refractivity contribution in [2.45, 2.75) is 123 Å². The van der Waals surface area contributed by atoms with Crippen LogP contribution < -0.4 is 0 Å². The van der Waals surface area contributed by atoms with Crippen LogP contribution in [0.15, 0.2) is 35.5 Å². The van der Waals surface area contributed by atoms with Crippen molar-refractivity contribution < 1.29 is 9.53 Å². The molecule has 0 aliphatic heterocycles. The SMILES string of the molecule is C=C1CCC(OC(C)(C)C)C/C1=C\C=C1/CCCC2(C)C1CCC2C(C)C=O.CC(C)(C)S(C)(C)C. The highest BCUT2D eigenvalue weighted by atomic mass is 32.3. The Morgan fingerprint density at radius 1 is 1.03 bits per heavy atom. The normalized spacial score (nSPS) is 33.1. The molecule has 0 bridgehead atoms. The maximum Gasteiger partial charge on any atom is 0.123 e. The molecule has 3 rings (SSSR count). The summed E-state index contributed by atoms with van der Waals surface area (Å²) < 4.78 is 6.77. The van der Waals surface area contributed by atoms with Crippen molar-refractivity contribution in [2.75, 3.05) is 18.8 Å². The molecule has 3 heteroatoms. The van der Waals surface area contributed by atoms with Crippen molar-refractivity contribution in [2.24, 2.45) is 23.2 Å². The molecule has 5 atom stereocenters. The van der Waals surface area contributed by atoms with Gasteiger partial charge in [0.1, 0.15) is 6.29 Å². The first-order chi connectivity index (χ1) is 16.4. The van der Waals surface area contributed by atoms with Gasteiger partial charge in [-0.3, -0.25) is 0 Å². The smallest absolute Gasteiger partial charge is 0.123 e. The van der Waals surface area contributed by atoms with E-state index in [9.17, 15) is 4.79 Å². The van der Waals surface area contributed by atoms with Crippen LogP contribution in [0.25, 0.3) is 0 Å². The Labute approximate surface area is 226 Å². The van der Waals surface area contributed by atoms with Crippen LogP contribution in [0, 0.1) is 23.2 Å². The summed E-state index contributed by atoms with van der Waals surface area (Å²) in [7, 11) is -0.340. The highest BCUT2D eigenvalue weighted by molar-refractivity contribution is 8.33.